The Morgan fingerprint density at radius 1 is 0.944 bits per heavy atom. The second kappa shape index (κ2) is 11.2. The van der Waals surface area contributed by atoms with E-state index in [0.717, 1.165) is 12.8 Å². The smallest absolute Gasteiger partial charge is 0.255 e. The van der Waals surface area contributed by atoms with Crippen molar-refractivity contribution < 1.29 is 23.5 Å². The zero-order valence-electron chi connectivity index (χ0n) is 19.5. The van der Waals surface area contributed by atoms with E-state index in [4.69, 9.17) is 48.7 Å². The lowest BCUT2D eigenvalue weighted by molar-refractivity contribution is 0.101. The Labute approximate surface area is 223 Å². The fourth-order valence-electron chi connectivity index (χ4n) is 3.60. The first-order valence-electron chi connectivity index (χ1n) is 11.2. The number of furan rings is 1. The van der Waals surface area contributed by atoms with E-state index in [1.54, 1.807) is 36.4 Å². The van der Waals surface area contributed by atoms with Gasteiger partial charge in [-0.2, -0.15) is 0 Å². The predicted molar refractivity (Wildman–Crippen MR) is 142 cm³/mol. The molecule has 1 aromatic heterocycles. The average molecular weight is 547 g/mol. The molecule has 0 aliphatic carbocycles. The minimum atomic E-state index is -0.521. The van der Waals surface area contributed by atoms with Crippen LogP contribution in [0, 0.1) is 0 Å². The van der Waals surface area contributed by atoms with Gasteiger partial charge in [-0.3, -0.25) is 9.59 Å². The van der Waals surface area contributed by atoms with Gasteiger partial charge in [0, 0.05) is 16.5 Å². The standard InChI is InChI=1S/C27H22Cl3NO5/c1-3-4-11-35-25-19(29)13-16(14-20(25)30)27(33)31-23-17-7-5-6-8-21(17)36-26(23)24(32)15-9-10-22(34-2)18(28)12-15/h5-10,12-14H,3-4,11H2,1-2H3,(H,31,33). The molecule has 4 aromatic rings. The summed E-state index contributed by atoms with van der Waals surface area (Å²) in [5, 5.41) is 4.05. The van der Waals surface area contributed by atoms with Crippen LogP contribution in [-0.2, 0) is 0 Å². The molecule has 1 amide bonds. The number of carbonyl (C=O) groups is 2. The average Bonchev–Trinajstić information content (AvgIpc) is 3.23. The molecule has 0 radical (unpaired) electrons. The van der Waals surface area contributed by atoms with Gasteiger partial charge in [0.15, 0.2) is 11.5 Å². The van der Waals surface area contributed by atoms with Gasteiger partial charge in [-0.25, -0.2) is 0 Å². The zero-order valence-corrected chi connectivity index (χ0v) is 21.8. The largest absolute Gasteiger partial charge is 0.495 e. The lowest BCUT2D eigenvalue weighted by Crippen LogP contribution is -2.14. The van der Waals surface area contributed by atoms with E-state index in [9.17, 15) is 9.59 Å². The van der Waals surface area contributed by atoms with Crippen LogP contribution in [0.5, 0.6) is 11.5 Å². The van der Waals surface area contributed by atoms with E-state index < -0.39 is 11.7 Å². The summed E-state index contributed by atoms with van der Waals surface area (Å²) in [4.78, 5) is 26.6. The van der Waals surface area contributed by atoms with Gasteiger partial charge in [0.05, 0.1) is 34.5 Å². The van der Waals surface area contributed by atoms with Crippen LogP contribution < -0.4 is 14.8 Å². The van der Waals surface area contributed by atoms with E-state index >= 15 is 0 Å². The monoisotopic (exact) mass is 545 g/mol. The Kier molecular flexibility index (Phi) is 8.09. The summed E-state index contributed by atoms with van der Waals surface area (Å²) in [6, 6.07) is 14.6. The Balaban J connectivity index is 1.69. The molecule has 1 N–H and O–H groups in total. The van der Waals surface area contributed by atoms with Gasteiger partial charge < -0.3 is 19.2 Å². The highest BCUT2D eigenvalue weighted by Gasteiger charge is 2.25. The predicted octanol–water partition coefficient (Wildman–Crippen LogP) is 8.06. The molecule has 0 atom stereocenters. The molecular weight excluding hydrogens is 525 g/mol. The molecule has 1 heterocycles. The summed E-state index contributed by atoms with van der Waals surface area (Å²) in [5.41, 5.74) is 1.13. The van der Waals surface area contributed by atoms with Gasteiger partial charge in [0.1, 0.15) is 11.3 Å². The molecule has 4 rings (SSSR count). The minimum absolute atomic E-state index is 0.0394. The number of para-hydroxylation sites is 1. The lowest BCUT2D eigenvalue weighted by Gasteiger charge is -2.12. The number of benzene rings is 3. The van der Waals surface area contributed by atoms with Crippen molar-refractivity contribution in [2.75, 3.05) is 19.0 Å². The number of anilines is 1. The van der Waals surface area contributed by atoms with Crippen LogP contribution in [-0.4, -0.2) is 25.4 Å². The van der Waals surface area contributed by atoms with Crippen LogP contribution in [0.3, 0.4) is 0 Å². The van der Waals surface area contributed by atoms with Crippen LogP contribution in [0.2, 0.25) is 15.1 Å². The van der Waals surface area contributed by atoms with Crippen molar-refractivity contribution >= 4 is 63.1 Å². The van der Waals surface area contributed by atoms with Crippen LogP contribution >= 0.6 is 34.8 Å². The van der Waals surface area contributed by atoms with E-state index in [2.05, 4.69) is 5.32 Å². The number of methoxy groups -OCH3 is 1. The molecule has 0 spiro atoms. The molecule has 186 valence electrons. The number of ether oxygens (including phenoxy) is 2. The first-order chi connectivity index (χ1) is 17.3. The summed E-state index contributed by atoms with van der Waals surface area (Å²) >= 11 is 18.9. The molecule has 9 heteroatoms. The second-order valence-electron chi connectivity index (χ2n) is 7.91. The molecule has 36 heavy (non-hydrogen) atoms. The van der Waals surface area contributed by atoms with E-state index in [1.165, 1.54) is 25.3 Å². The number of halogens is 3. The summed E-state index contributed by atoms with van der Waals surface area (Å²) in [6.07, 6.45) is 1.80. The zero-order chi connectivity index (χ0) is 25.8. The first-order valence-corrected chi connectivity index (χ1v) is 12.3. The molecule has 0 fully saturated rings. The highest BCUT2D eigenvalue weighted by Crippen LogP contribution is 2.37. The van der Waals surface area contributed by atoms with Gasteiger partial charge in [-0.05, 0) is 48.9 Å². The Bertz CT molecular complexity index is 1420. The van der Waals surface area contributed by atoms with Crippen molar-refractivity contribution in [1.82, 2.24) is 0 Å². The molecule has 0 aliphatic heterocycles. The van der Waals surface area contributed by atoms with Crippen molar-refractivity contribution in [2.45, 2.75) is 19.8 Å². The Hall–Kier alpha value is -3.19. The maximum absolute atomic E-state index is 13.4. The van der Waals surface area contributed by atoms with Crippen LogP contribution in [0.15, 0.2) is 59.0 Å². The Morgan fingerprint density at radius 2 is 1.64 bits per heavy atom. The lowest BCUT2D eigenvalue weighted by atomic mass is 10.1. The maximum Gasteiger partial charge on any atom is 0.255 e. The molecule has 0 bridgehead atoms. The molecule has 0 aliphatic rings. The number of unbranched alkanes of at least 4 members (excludes halogenated alkanes) is 1. The molecule has 0 saturated heterocycles. The fourth-order valence-corrected chi connectivity index (χ4v) is 4.46. The molecule has 3 aromatic carbocycles. The van der Waals surface area contributed by atoms with Crippen molar-refractivity contribution in [1.29, 1.82) is 0 Å². The number of amides is 1. The number of rotatable bonds is 9. The number of nitrogens with one attached hydrogen (secondary N) is 1. The van der Waals surface area contributed by atoms with E-state index in [-0.39, 0.29) is 37.6 Å². The quantitative estimate of drug-likeness (QED) is 0.170. The molecule has 6 nitrogen and oxygen atoms in total. The third kappa shape index (κ3) is 5.31. The highest BCUT2D eigenvalue weighted by molar-refractivity contribution is 6.38. The minimum Gasteiger partial charge on any atom is -0.495 e. The van der Waals surface area contributed by atoms with Crippen molar-refractivity contribution in [3.63, 3.8) is 0 Å². The van der Waals surface area contributed by atoms with Gasteiger partial charge in [-0.15, -0.1) is 0 Å². The maximum atomic E-state index is 13.4. The summed E-state index contributed by atoms with van der Waals surface area (Å²) in [5.74, 6) is -0.261. The van der Waals surface area contributed by atoms with Crippen LogP contribution in [0.1, 0.15) is 46.2 Å². The number of fused-ring (bicyclic) bond motifs is 1. The van der Waals surface area contributed by atoms with Crippen molar-refractivity contribution in [3.05, 3.63) is 86.6 Å². The van der Waals surface area contributed by atoms with Crippen molar-refractivity contribution in [3.8, 4) is 11.5 Å². The number of hydrogen-bond donors (Lipinski definition) is 1. The second-order valence-corrected chi connectivity index (χ2v) is 9.13. The van der Waals surface area contributed by atoms with Gasteiger partial charge >= 0.3 is 0 Å². The van der Waals surface area contributed by atoms with Crippen LogP contribution in [0.25, 0.3) is 11.0 Å². The fraction of sp³-hybridized carbons (Fsp3) is 0.185. The summed E-state index contributed by atoms with van der Waals surface area (Å²) in [7, 11) is 1.48. The summed E-state index contributed by atoms with van der Waals surface area (Å²) in [6.45, 7) is 2.51. The third-order valence-corrected chi connectivity index (χ3v) is 6.32. The molecule has 0 unspecified atom stereocenters. The number of hydrogen-bond acceptors (Lipinski definition) is 5. The first kappa shape index (κ1) is 25.9. The number of carbonyl (C=O) groups excluding carboxylic acids is 2. The van der Waals surface area contributed by atoms with E-state index in [0.29, 0.717) is 29.1 Å². The molecule has 0 saturated carbocycles. The van der Waals surface area contributed by atoms with E-state index in [1.807, 2.05) is 6.92 Å². The van der Waals surface area contributed by atoms with Crippen molar-refractivity contribution in [2.24, 2.45) is 0 Å². The highest BCUT2D eigenvalue weighted by atomic mass is 35.5. The SMILES string of the molecule is CCCCOc1c(Cl)cc(C(=O)Nc2c(C(=O)c3ccc(OC)c(Cl)c3)oc3ccccc23)cc1Cl. The third-order valence-electron chi connectivity index (χ3n) is 5.46. The van der Waals surface area contributed by atoms with Gasteiger partial charge in [0.25, 0.3) is 5.91 Å². The van der Waals surface area contributed by atoms with Gasteiger partial charge in [-0.1, -0.05) is 60.3 Å². The summed E-state index contributed by atoms with van der Waals surface area (Å²) < 4.78 is 16.7. The Morgan fingerprint density at radius 3 is 2.31 bits per heavy atom. The van der Waals surface area contributed by atoms with Crippen LogP contribution in [0.4, 0.5) is 5.69 Å². The topological polar surface area (TPSA) is 77.8 Å². The normalized spacial score (nSPS) is 10.9. The van der Waals surface area contributed by atoms with Gasteiger partial charge in [0.2, 0.25) is 5.78 Å². The molecular formula is C27H22Cl3NO5. The number of ketones is 1.